The van der Waals surface area contributed by atoms with E-state index in [1.165, 1.54) is 14.2 Å². The fraction of sp³-hybridized carbons (Fsp3) is 0.167. The molecule has 0 spiro atoms. The molecule has 1 N–H and O–H groups in total. The number of rotatable bonds is 4. The molecule has 0 aliphatic carbocycles. The van der Waals surface area contributed by atoms with Crippen molar-refractivity contribution in [1.29, 1.82) is 0 Å². The highest BCUT2D eigenvalue weighted by Crippen LogP contribution is 2.34. The van der Waals surface area contributed by atoms with Gasteiger partial charge in [0.2, 0.25) is 5.76 Å². The molecule has 0 amide bonds. The van der Waals surface area contributed by atoms with Crippen molar-refractivity contribution in [3.8, 4) is 22.8 Å². The Hall–Kier alpha value is -2.50. The van der Waals surface area contributed by atoms with Crippen molar-refractivity contribution >= 4 is 5.97 Å². The summed E-state index contributed by atoms with van der Waals surface area (Å²) in [7, 11) is 3.01. The van der Waals surface area contributed by atoms with E-state index in [0.717, 1.165) is 6.39 Å². The largest absolute Gasteiger partial charge is 0.497 e. The van der Waals surface area contributed by atoms with Crippen LogP contribution in [0.4, 0.5) is 0 Å². The third kappa shape index (κ3) is 2.00. The molecule has 18 heavy (non-hydrogen) atoms. The highest BCUT2D eigenvalue weighted by Gasteiger charge is 2.20. The molecule has 0 unspecified atom stereocenters. The van der Waals surface area contributed by atoms with Gasteiger partial charge in [-0.2, -0.15) is 0 Å². The van der Waals surface area contributed by atoms with Crippen molar-refractivity contribution in [2.24, 2.45) is 0 Å². The average Bonchev–Trinajstić information content (AvgIpc) is 2.87. The van der Waals surface area contributed by atoms with E-state index in [-0.39, 0.29) is 11.5 Å². The Morgan fingerprint density at radius 1 is 1.33 bits per heavy atom. The van der Waals surface area contributed by atoms with E-state index in [2.05, 4.69) is 4.98 Å². The number of carbonyl (C=O) groups is 1. The maximum atomic E-state index is 11.0. The summed E-state index contributed by atoms with van der Waals surface area (Å²) in [6.45, 7) is 0. The standard InChI is InChI=1S/C12H11NO5/c1-16-7-3-4-9(17-2)8(5-7)10-11(12(14)15)18-6-13-10/h3-6H,1-2H3,(H,14,15). The number of hydrogen-bond acceptors (Lipinski definition) is 5. The first-order valence-corrected chi connectivity index (χ1v) is 5.06. The lowest BCUT2D eigenvalue weighted by Crippen LogP contribution is -1.98. The van der Waals surface area contributed by atoms with Gasteiger partial charge in [0.05, 0.1) is 19.8 Å². The molecule has 94 valence electrons. The lowest BCUT2D eigenvalue weighted by atomic mass is 10.1. The second kappa shape index (κ2) is 4.79. The van der Waals surface area contributed by atoms with Crippen molar-refractivity contribution in [2.75, 3.05) is 14.2 Å². The van der Waals surface area contributed by atoms with Crippen LogP contribution in [0.5, 0.6) is 11.5 Å². The van der Waals surface area contributed by atoms with Crippen molar-refractivity contribution in [3.05, 3.63) is 30.4 Å². The molecule has 0 aliphatic heterocycles. The summed E-state index contributed by atoms with van der Waals surface area (Å²) >= 11 is 0. The summed E-state index contributed by atoms with van der Waals surface area (Å²) < 4.78 is 15.1. The first-order valence-electron chi connectivity index (χ1n) is 5.06. The Labute approximate surface area is 103 Å². The zero-order chi connectivity index (χ0) is 13.1. The molecule has 0 radical (unpaired) electrons. The van der Waals surface area contributed by atoms with Gasteiger partial charge in [0, 0.05) is 0 Å². The number of aromatic nitrogens is 1. The molecule has 6 nitrogen and oxygen atoms in total. The predicted molar refractivity (Wildman–Crippen MR) is 62.0 cm³/mol. The molecule has 0 fully saturated rings. The van der Waals surface area contributed by atoms with Crippen LogP contribution in [0.1, 0.15) is 10.6 Å². The van der Waals surface area contributed by atoms with E-state index in [1.54, 1.807) is 18.2 Å². The molecule has 0 saturated heterocycles. The Kier molecular flexibility index (Phi) is 3.18. The summed E-state index contributed by atoms with van der Waals surface area (Å²) in [5.41, 5.74) is 0.709. The van der Waals surface area contributed by atoms with E-state index in [0.29, 0.717) is 17.1 Å². The van der Waals surface area contributed by atoms with Gasteiger partial charge in [0.25, 0.3) is 0 Å². The number of benzene rings is 1. The first kappa shape index (κ1) is 12.0. The highest BCUT2D eigenvalue weighted by molar-refractivity contribution is 5.92. The summed E-state index contributed by atoms with van der Waals surface area (Å²) in [6.07, 6.45) is 1.08. The number of carboxylic acid groups (broad SMARTS) is 1. The van der Waals surface area contributed by atoms with E-state index < -0.39 is 5.97 Å². The molecule has 6 heteroatoms. The molecule has 2 aromatic rings. The third-order valence-corrected chi connectivity index (χ3v) is 2.42. The van der Waals surface area contributed by atoms with Gasteiger partial charge in [-0.05, 0) is 18.2 Å². The molecular weight excluding hydrogens is 238 g/mol. The zero-order valence-corrected chi connectivity index (χ0v) is 9.84. The first-order chi connectivity index (χ1) is 8.67. The van der Waals surface area contributed by atoms with Crippen molar-refractivity contribution in [2.45, 2.75) is 0 Å². The minimum absolute atomic E-state index is 0.207. The Bertz CT molecular complexity index is 576. The molecule has 1 heterocycles. The maximum Gasteiger partial charge on any atom is 0.374 e. The third-order valence-electron chi connectivity index (χ3n) is 2.42. The van der Waals surface area contributed by atoms with Gasteiger partial charge in [-0.1, -0.05) is 0 Å². The van der Waals surface area contributed by atoms with Crippen molar-refractivity contribution in [3.63, 3.8) is 0 Å². The second-order valence-electron chi connectivity index (χ2n) is 3.40. The van der Waals surface area contributed by atoms with Gasteiger partial charge in [-0.25, -0.2) is 9.78 Å². The topological polar surface area (TPSA) is 81.8 Å². The van der Waals surface area contributed by atoms with Crippen LogP contribution >= 0.6 is 0 Å². The number of nitrogens with zero attached hydrogens (tertiary/aromatic N) is 1. The normalized spacial score (nSPS) is 10.1. The fourth-order valence-corrected chi connectivity index (χ4v) is 1.59. The van der Waals surface area contributed by atoms with Crippen LogP contribution in [-0.2, 0) is 0 Å². The van der Waals surface area contributed by atoms with Crippen LogP contribution in [0.25, 0.3) is 11.3 Å². The molecular formula is C12H11NO5. The van der Waals surface area contributed by atoms with Crippen LogP contribution < -0.4 is 9.47 Å². The van der Waals surface area contributed by atoms with Crippen molar-refractivity contribution in [1.82, 2.24) is 4.98 Å². The van der Waals surface area contributed by atoms with Crippen LogP contribution in [0.2, 0.25) is 0 Å². The molecule has 1 aromatic heterocycles. The molecule has 2 rings (SSSR count). The number of oxazole rings is 1. The average molecular weight is 249 g/mol. The maximum absolute atomic E-state index is 11.0. The minimum atomic E-state index is -1.19. The van der Waals surface area contributed by atoms with Crippen LogP contribution in [-0.4, -0.2) is 30.3 Å². The van der Waals surface area contributed by atoms with Gasteiger partial charge < -0.3 is 19.0 Å². The number of carboxylic acids is 1. The highest BCUT2D eigenvalue weighted by atomic mass is 16.5. The fourth-order valence-electron chi connectivity index (χ4n) is 1.59. The Balaban J connectivity index is 2.61. The van der Waals surface area contributed by atoms with E-state index in [4.69, 9.17) is 19.0 Å². The lowest BCUT2D eigenvalue weighted by Gasteiger charge is -2.08. The Morgan fingerprint density at radius 3 is 2.72 bits per heavy atom. The van der Waals surface area contributed by atoms with Gasteiger partial charge in [-0.15, -0.1) is 0 Å². The molecule has 0 aliphatic rings. The zero-order valence-electron chi connectivity index (χ0n) is 9.84. The summed E-state index contributed by atoms with van der Waals surface area (Å²) in [6, 6.07) is 5.03. The lowest BCUT2D eigenvalue weighted by molar-refractivity contribution is 0.0663. The molecule has 0 bridgehead atoms. The SMILES string of the molecule is COc1ccc(OC)c(-c2ncoc2C(=O)O)c1. The smallest absolute Gasteiger partial charge is 0.374 e. The number of ether oxygens (including phenoxy) is 2. The molecule has 1 aromatic carbocycles. The Morgan fingerprint density at radius 2 is 2.11 bits per heavy atom. The van der Waals surface area contributed by atoms with Crippen molar-refractivity contribution < 1.29 is 23.8 Å². The van der Waals surface area contributed by atoms with E-state index in [9.17, 15) is 4.79 Å². The van der Waals surface area contributed by atoms with Gasteiger partial charge in [-0.3, -0.25) is 0 Å². The van der Waals surface area contributed by atoms with Crippen LogP contribution in [0.3, 0.4) is 0 Å². The van der Waals surface area contributed by atoms with E-state index >= 15 is 0 Å². The van der Waals surface area contributed by atoms with Gasteiger partial charge >= 0.3 is 5.97 Å². The number of methoxy groups -OCH3 is 2. The van der Waals surface area contributed by atoms with Gasteiger partial charge in [0.1, 0.15) is 17.2 Å². The van der Waals surface area contributed by atoms with Gasteiger partial charge in [0.15, 0.2) is 6.39 Å². The predicted octanol–water partition coefficient (Wildman–Crippen LogP) is 2.06. The minimum Gasteiger partial charge on any atom is -0.497 e. The van der Waals surface area contributed by atoms with Crippen LogP contribution in [0, 0.1) is 0 Å². The molecule has 0 atom stereocenters. The summed E-state index contributed by atoms with van der Waals surface area (Å²) in [5, 5.41) is 9.00. The van der Waals surface area contributed by atoms with Crippen LogP contribution in [0.15, 0.2) is 29.0 Å². The second-order valence-corrected chi connectivity index (χ2v) is 3.40. The summed E-state index contributed by atoms with van der Waals surface area (Å²) in [4.78, 5) is 14.9. The number of hydrogen-bond donors (Lipinski definition) is 1. The summed E-state index contributed by atoms with van der Waals surface area (Å²) in [5.74, 6) is -0.355. The number of aromatic carboxylic acids is 1. The quantitative estimate of drug-likeness (QED) is 0.893. The van der Waals surface area contributed by atoms with E-state index in [1.807, 2.05) is 0 Å². The monoisotopic (exact) mass is 249 g/mol. The molecule has 0 saturated carbocycles.